The van der Waals surface area contributed by atoms with Crippen molar-refractivity contribution < 1.29 is 13.2 Å². The number of aryl methyl sites for hydroxylation is 1. The SMILES string of the molecule is CC(C)CCNC(=O)c1cn(C)c2ccc(S(=O)(=O)N(C)C3CCCCC3)cc2c1=O. The highest BCUT2D eigenvalue weighted by molar-refractivity contribution is 7.89. The molecule has 0 saturated heterocycles. The Bertz CT molecular complexity index is 1120. The van der Waals surface area contributed by atoms with E-state index in [0.29, 0.717) is 18.0 Å². The molecule has 7 nitrogen and oxygen atoms in total. The first-order valence-corrected chi connectivity index (χ1v) is 12.5. The van der Waals surface area contributed by atoms with E-state index in [4.69, 9.17) is 0 Å². The van der Waals surface area contributed by atoms with Crippen LogP contribution in [0.15, 0.2) is 34.1 Å². The van der Waals surface area contributed by atoms with E-state index in [9.17, 15) is 18.0 Å². The van der Waals surface area contributed by atoms with E-state index in [1.54, 1.807) is 30.8 Å². The second-order valence-electron chi connectivity index (χ2n) is 8.91. The minimum atomic E-state index is -3.73. The zero-order chi connectivity index (χ0) is 22.8. The predicted octanol–water partition coefficient (Wildman–Crippen LogP) is 3.27. The van der Waals surface area contributed by atoms with Crippen LogP contribution < -0.4 is 10.7 Å². The van der Waals surface area contributed by atoms with Crippen molar-refractivity contribution in [1.82, 2.24) is 14.2 Å². The fraction of sp³-hybridized carbons (Fsp3) is 0.565. The van der Waals surface area contributed by atoms with Crippen LogP contribution in [0.3, 0.4) is 0 Å². The average molecular weight is 448 g/mol. The third kappa shape index (κ3) is 5.01. The summed E-state index contributed by atoms with van der Waals surface area (Å²) in [5.41, 5.74) is 0.157. The molecular weight excluding hydrogens is 414 g/mol. The van der Waals surface area contributed by atoms with Crippen molar-refractivity contribution in [3.05, 3.63) is 40.2 Å². The molecule has 1 N–H and O–H groups in total. The predicted molar refractivity (Wildman–Crippen MR) is 123 cm³/mol. The van der Waals surface area contributed by atoms with Gasteiger partial charge in [-0.15, -0.1) is 0 Å². The fourth-order valence-electron chi connectivity index (χ4n) is 4.17. The summed E-state index contributed by atoms with van der Waals surface area (Å²) in [6.07, 6.45) is 7.22. The number of nitrogens with one attached hydrogen (secondary N) is 1. The first-order chi connectivity index (χ1) is 14.6. The Morgan fingerprint density at radius 3 is 2.55 bits per heavy atom. The van der Waals surface area contributed by atoms with Gasteiger partial charge in [-0.1, -0.05) is 33.1 Å². The number of rotatable bonds is 7. The summed E-state index contributed by atoms with van der Waals surface area (Å²) in [5.74, 6) is 0.00406. The first-order valence-electron chi connectivity index (χ1n) is 11.0. The van der Waals surface area contributed by atoms with Crippen molar-refractivity contribution in [3.8, 4) is 0 Å². The molecule has 1 heterocycles. The van der Waals surface area contributed by atoms with Crippen LogP contribution in [-0.4, -0.2) is 42.8 Å². The Morgan fingerprint density at radius 1 is 1.23 bits per heavy atom. The molecule has 1 aliphatic carbocycles. The van der Waals surface area contributed by atoms with Gasteiger partial charge in [-0.05, 0) is 43.4 Å². The molecule has 0 bridgehead atoms. The lowest BCUT2D eigenvalue weighted by Gasteiger charge is -2.30. The maximum absolute atomic E-state index is 13.2. The number of pyridine rings is 1. The van der Waals surface area contributed by atoms with Crippen molar-refractivity contribution in [2.24, 2.45) is 13.0 Å². The molecule has 1 aliphatic rings. The van der Waals surface area contributed by atoms with Gasteiger partial charge in [-0.3, -0.25) is 9.59 Å². The summed E-state index contributed by atoms with van der Waals surface area (Å²) in [7, 11) is -0.370. The molecule has 8 heteroatoms. The molecule has 2 aromatic rings. The highest BCUT2D eigenvalue weighted by atomic mass is 32.2. The summed E-state index contributed by atoms with van der Waals surface area (Å²) in [6, 6.07) is 4.57. The van der Waals surface area contributed by atoms with Gasteiger partial charge in [-0.25, -0.2) is 8.42 Å². The number of aromatic nitrogens is 1. The number of hydrogen-bond acceptors (Lipinski definition) is 4. The van der Waals surface area contributed by atoms with Crippen molar-refractivity contribution in [2.75, 3.05) is 13.6 Å². The van der Waals surface area contributed by atoms with E-state index in [2.05, 4.69) is 19.2 Å². The molecule has 1 aromatic carbocycles. The van der Waals surface area contributed by atoms with Crippen LogP contribution in [0.5, 0.6) is 0 Å². The number of carbonyl (C=O) groups excluding carboxylic acids is 1. The third-order valence-electron chi connectivity index (χ3n) is 6.18. The maximum atomic E-state index is 13.2. The second-order valence-corrected chi connectivity index (χ2v) is 10.9. The molecule has 170 valence electrons. The molecule has 0 spiro atoms. The Morgan fingerprint density at radius 2 is 1.90 bits per heavy atom. The number of amides is 1. The topological polar surface area (TPSA) is 88.5 Å². The molecular formula is C23H33N3O4S. The minimum Gasteiger partial charge on any atom is -0.352 e. The van der Waals surface area contributed by atoms with E-state index >= 15 is 0 Å². The van der Waals surface area contributed by atoms with Crippen LogP contribution in [0.4, 0.5) is 0 Å². The summed E-state index contributed by atoms with van der Waals surface area (Å²) < 4.78 is 29.6. The molecule has 31 heavy (non-hydrogen) atoms. The normalized spacial score (nSPS) is 15.7. The Kier molecular flexibility index (Phi) is 7.21. The van der Waals surface area contributed by atoms with Crippen molar-refractivity contribution in [1.29, 1.82) is 0 Å². The Balaban J connectivity index is 1.98. The van der Waals surface area contributed by atoms with Crippen LogP contribution in [0.2, 0.25) is 0 Å². The molecule has 1 saturated carbocycles. The number of hydrogen-bond donors (Lipinski definition) is 1. The van der Waals surface area contributed by atoms with E-state index in [1.165, 1.54) is 16.6 Å². The van der Waals surface area contributed by atoms with Crippen molar-refractivity contribution in [3.63, 3.8) is 0 Å². The number of carbonyl (C=O) groups is 1. The monoisotopic (exact) mass is 447 g/mol. The van der Waals surface area contributed by atoms with Gasteiger partial charge >= 0.3 is 0 Å². The molecule has 0 atom stereocenters. The third-order valence-corrected chi connectivity index (χ3v) is 8.08. The van der Waals surface area contributed by atoms with Gasteiger partial charge in [0.1, 0.15) is 5.56 Å². The van der Waals surface area contributed by atoms with E-state index in [0.717, 1.165) is 38.5 Å². The molecule has 0 aliphatic heterocycles. The second kappa shape index (κ2) is 9.53. The number of fused-ring (bicyclic) bond motifs is 1. The van der Waals surface area contributed by atoms with Crippen LogP contribution in [0.1, 0.15) is 62.7 Å². The summed E-state index contributed by atoms with van der Waals surface area (Å²) in [4.78, 5) is 25.8. The van der Waals surface area contributed by atoms with Gasteiger partial charge in [0.15, 0.2) is 0 Å². The van der Waals surface area contributed by atoms with E-state index < -0.39 is 21.4 Å². The lowest BCUT2D eigenvalue weighted by atomic mass is 9.96. The van der Waals surface area contributed by atoms with Gasteiger partial charge in [0.05, 0.1) is 10.4 Å². The largest absolute Gasteiger partial charge is 0.352 e. The van der Waals surface area contributed by atoms with Crippen molar-refractivity contribution in [2.45, 2.75) is 63.3 Å². The first kappa shape index (κ1) is 23.5. The summed E-state index contributed by atoms with van der Waals surface area (Å²) in [6.45, 7) is 4.61. The van der Waals surface area contributed by atoms with Gasteiger partial charge in [-0.2, -0.15) is 4.31 Å². The van der Waals surface area contributed by atoms with Gasteiger partial charge in [0.25, 0.3) is 5.91 Å². The van der Waals surface area contributed by atoms with Crippen LogP contribution in [0.25, 0.3) is 10.9 Å². The number of benzene rings is 1. The van der Waals surface area contributed by atoms with Gasteiger partial charge < -0.3 is 9.88 Å². The molecule has 3 rings (SSSR count). The van der Waals surface area contributed by atoms with E-state index in [-0.39, 0.29) is 21.9 Å². The van der Waals surface area contributed by atoms with Crippen molar-refractivity contribution >= 4 is 26.8 Å². The smallest absolute Gasteiger partial charge is 0.256 e. The molecule has 1 fully saturated rings. The van der Waals surface area contributed by atoms with Crippen LogP contribution in [-0.2, 0) is 17.1 Å². The minimum absolute atomic E-state index is 0.0182. The number of sulfonamides is 1. The highest BCUT2D eigenvalue weighted by Gasteiger charge is 2.29. The quantitative estimate of drug-likeness (QED) is 0.706. The molecule has 1 amide bonds. The zero-order valence-electron chi connectivity index (χ0n) is 18.8. The highest BCUT2D eigenvalue weighted by Crippen LogP contribution is 2.27. The zero-order valence-corrected chi connectivity index (χ0v) is 19.7. The Labute approximate surface area is 184 Å². The summed E-state index contributed by atoms with van der Waals surface area (Å²) >= 11 is 0. The Hall–Kier alpha value is -2.19. The van der Waals surface area contributed by atoms with Gasteiger partial charge in [0, 0.05) is 38.3 Å². The van der Waals surface area contributed by atoms with E-state index in [1.807, 2.05) is 0 Å². The molecule has 0 radical (unpaired) electrons. The summed E-state index contributed by atoms with van der Waals surface area (Å²) in [5, 5.41) is 3.02. The molecule has 1 aromatic heterocycles. The standard InChI is InChI=1S/C23H33N3O4S/c1-16(2)12-13-24-23(28)20-15-25(3)21-11-10-18(14-19(21)22(20)27)31(29,30)26(4)17-8-6-5-7-9-17/h10-11,14-17H,5-9,12-13H2,1-4H3,(H,24,28). The van der Waals surface area contributed by atoms with Gasteiger partial charge in [0.2, 0.25) is 15.5 Å². The molecule has 0 unspecified atom stereocenters. The lowest BCUT2D eigenvalue weighted by Crippen LogP contribution is -2.38. The lowest BCUT2D eigenvalue weighted by molar-refractivity contribution is 0.0950. The van der Waals surface area contributed by atoms with Crippen LogP contribution in [0, 0.1) is 5.92 Å². The van der Waals surface area contributed by atoms with Crippen LogP contribution >= 0.6 is 0 Å². The number of nitrogens with zero attached hydrogens (tertiary/aromatic N) is 2. The average Bonchev–Trinajstić information content (AvgIpc) is 2.75. The fourth-order valence-corrected chi connectivity index (χ4v) is 5.61. The maximum Gasteiger partial charge on any atom is 0.256 e.